The lowest BCUT2D eigenvalue weighted by atomic mass is 9.96. The van der Waals surface area contributed by atoms with E-state index in [2.05, 4.69) is 31.4 Å². The Hall–Kier alpha value is -1.38. The first-order valence-electron chi connectivity index (χ1n) is 24.3. The standard InChI is InChI=1S/C47H92N2O10/c1-5-6-7-8-9-10-11-12-13-14-15-16-17-18-19-20-23-27-30-33-40(53)46(57)49-38(43(54)39(52)32-29-26-24-21-22-25-28-31-36(2)3)35-58-47-42(48-37(4)51)45(56)44(55)41(34-50)59-47/h36,38-45,47,50,52-56H,5-35H2,1-4H3,(H,48,51)(H,49,57)/t38-,39+,40+,41+,42+,43-,44+,45+,47+/m0/s1. The summed E-state index contributed by atoms with van der Waals surface area (Å²) < 4.78 is 11.5. The monoisotopic (exact) mass is 845 g/mol. The zero-order chi connectivity index (χ0) is 43.7. The molecule has 350 valence electrons. The molecule has 8 N–H and O–H groups in total. The Morgan fingerprint density at radius 2 is 1.05 bits per heavy atom. The summed E-state index contributed by atoms with van der Waals surface area (Å²) in [7, 11) is 0. The number of aliphatic hydroxyl groups is 6. The van der Waals surface area contributed by atoms with Crippen LogP contribution < -0.4 is 10.6 Å². The van der Waals surface area contributed by atoms with Gasteiger partial charge in [0.15, 0.2) is 6.29 Å². The SMILES string of the molecule is CCCCCCCCCCCCCCCCCCCCC[C@@H](O)C(=O)N[C@@H](CO[C@@H]1O[C@H](CO)[C@@H](O)[C@H](O)[C@H]1NC(C)=O)[C@H](O)[C@H](O)CCCCCCCCCC(C)C. The van der Waals surface area contributed by atoms with Gasteiger partial charge in [0.1, 0.15) is 36.6 Å². The van der Waals surface area contributed by atoms with Crippen LogP contribution >= 0.6 is 0 Å². The zero-order valence-corrected chi connectivity index (χ0v) is 38.0. The van der Waals surface area contributed by atoms with Crippen LogP contribution in [0, 0.1) is 5.92 Å². The summed E-state index contributed by atoms with van der Waals surface area (Å²) in [4.78, 5) is 25.1. The van der Waals surface area contributed by atoms with Gasteiger partial charge < -0.3 is 50.7 Å². The van der Waals surface area contributed by atoms with Crippen LogP contribution in [-0.2, 0) is 19.1 Å². The highest BCUT2D eigenvalue weighted by molar-refractivity contribution is 5.80. The van der Waals surface area contributed by atoms with Gasteiger partial charge in [0.2, 0.25) is 11.8 Å². The van der Waals surface area contributed by atoms with Crippen molar-refractivity contribution in [2.24, 2.45) is 5.92 Å². The lowest BCUT2D eigenvalue weighted by Crippen LogP contribution is -2.65. The van der Waals surface area contributed by atoms with Crippen LogP contribution in [-0.4, -0.2) is 111 Å². The molecule has 1 saturated heterocycles. The molecule has 0 radical (unpaired) electrons. The summed E-state index contributed by atoms with van der Waals surface area (Å²) >= 11 is 0. The maximum Gasteiger partial charge on any atom is 0.249 e. The molecule has 1 heterocycles. The highest BCUT2D eigenvalue weighted by Crippen LogP contribution is 2.24. The number of hydrogen-bond donors (Lipinski definition) is 8. The minimum atomic E-state index is -1.53. The normalized spacial score (nSPS) is 21.6. The number of nitrogens with one attached hydrogen (secondary N) is 2. The molecule has 12 heteroatoms. The van der Waals surface area contributed by atoms with Crippen molar-refractivity contribution in [2.75, 3.05) is 13.2 Å². The van der Waals surface area contributed by atoms with E-state index < -0.39 is 80.0 Å². The number of ether oxygens (including phenoxy) is 2. The largest absolute Gasteiger partial charge is 0.394 e. The maximum atomic E-state index is 13.2. The first-order chi connectivity index (χ1) is 28.4. The summed E-state index contributed by atoms with van der Waals surface area (Å²) in [6, 6.07) is -2.38. The van der Waals surface area contributed by atoms with Crippen LogP contribution in [0.2, 0.25) is 0 Å². The van der Waals surface area contributed by atoms with Crippen molar-refractivity contribution in [1.82, 2.24) is 10.6 Å². The van der Waals surface area contributed by atoms with Gasteiger partial charge in [-0.3, -0.25) is 9.59 Å². The lowest BCUT2D eigenvalue weighted by molar-refractivity contribution is -0.272. The number of aliphatic hydroxyl groups excluding tert-OH is 6. The van der Waals surface area contributed by atoms with Gasteiger partial charge in [-0.05, 0) is 18.8 Å². The van der Waals surface area contributed by atoms with Crippen LogP contribution in [0.4, 0.5) is 0 Å². The summed E-state index contributed by atoms with van der Waals surface area (Å²) in [5.74, 6) is -0.495. The number of rotatable bonds is 39. The molecule has 0 saturated carbocycles. The average Bonchev–Trinajstić information content (AvgIpc) is 3.21. The van der Waals surface area contributed by atoms with Crippen LogP contribution in [0.1, 0.15) is 214 Å². The molecule has 0 aliphatic carbocycles. The minimum Gasteiger partial charge on any atom is -0.394 e. The smallest absolute Gasteiger partial charge is 0.249 e. The second kappa shape index (κ2) is 36.1. The molecule has 12 nitrogen and oxygen atoms in total. The molecule has 1 rings (SSSR count). The minimum absolute atomic E-state index is 0.257. The summed E-state index contributed by atoms with van der Waals surface area (Å²) in [6.45, 7) is 6.93. The van der Waals surface area contributed by atoms with E-state index >= 15 is 0 Å². The van der Waals surface area contributed by atoms with E-state index in [1.165, 1.54) is 129 Å². The topological polar surface area (TPSA) is 198 Å². The van der Waals surface area contributed by atoms with Gasteiger partial charge in [0.05, 0.1) is 25.4 Å². The number of amides is 2. The molecule has 1 fully saturated rings. The Bertz CT molecular complexity index is 1010. The van der Waals surface area contributed by atoms with Gasteiger partial charge >= 0.3 is 0 Å². The number of hydrogen-bond acceptors (Lipinski definition) is 10. The fourth-order valence-electron chi connectivity index (χ4n) is 8.09. The molecule has 0 aromatic carbocycles. The van der Waals surface area contributed by atoms with E-state index in [0.29, 0.717) is 19.3 Å². The zero-order valence-electron chi connectivity index (χ0n) is 38.0. The molecule has 0 bridgehead atoms. The molecule has 0 aromatic rings. The van der Waals surface area contributed by atoms with Gasteiger partial charge in [-0.25, -0.2) is 0 Å². The first-order valence-corrected chi connectivity index (χ1v) is 24.3. The molecule has 0 spiro atoms. The Balaban J connectivity index is 2.52. The molecular formula is C47H92N2O10. The van der Waals surface area contributed by atoms with Crippen molar-refractivity contribution < 1.29 is 49.7 Å². The lowest BCUT2D eigenvalue weighted by Gasteiger charge is -2.42. The predicted octanol–water partition coefficient (Wildman–Crippen LogP) is 7.50. The molecule has 0 unspecified atom stereocenters. The van der Waals surface area contributed by atoms with E-state index in [0.717, 1.165) is 44.4 Å². The molecule has 2 amide bonds. The van der Waals surface area contributed by atoms with Gasteiger partial charge in [0, 0.05) is 6.92 Å². The second-order valence-corrected chi connectivity index (χ2v) is 18.1. The summed E-state index contributed by atoms with van der Waals surface area (Å²) in [5.41, 5.74) is 0. The van der Waals surface area contributed by atoms with Crippen molar-refractivity contribution in [2.45, 2.75) is 269 Å². The molecule has 9 atom stereocenters. The average molecular weight is 845 g/mol. The molecule has 59 heavy (non-hydrogen) atoms. The highest BCUT2D eigenvalue weighted by Gasteiger charge is 2.46. The van der Waals surface area contributed by atoms with Crippen molar-refractivity contribution in [3.8, 4) is 0 Å². The van der Waals surface area contributed by atoms with Crippen LogP contribution in [0.5, 0.6) is 0 Å². The van der Waals surface area contributed by atoms with Gasteiger partial charge in [-0.1, -0.05) is 194 Å². The quantitative estimate of drug-likeness (QED) is 0.0287. The third kappa shape index (κ3) is 27.3. The molecule has 1 aliphatic rings. The first kappa shape index (κ1) is 55.6. The van der Waals surface area contributed by atoms with Crippen molar-refractivity contribution in [1.29, 1.82) is 0 Å². The second-order valence-electron chi connectivity index (χ2n) is 18.1. The summed E-state index contributed by atoms with van der Waals surface area (Å²) in [6.07, 6.45) is 23.5. The molecule has 1 aliphatic heterocycles. The van der Waals surface area contributed by atoms with Gasteiger partial charge in [0.25, 0.3) is 0 Å². The Kier molecular flexibility index (Phi) is 34.1. The Labute approximate surface area is 359 Å². The van der Waals surface area contributed by atoms with E-state index in [4.69, 9.17) is 9.47 Å². The van der Waals surface area contributed by atoms with Crippen molar-refractivity contribution in [3.05, 3.63) is 0 Å². The highest BCUT2D eigenvalue weighted by atomic mass is 16.7. The third-order valence-corrected chi connectivity index (χ3v) is 12.0. The Morgan fingerprint density at radius 3 is 1.47 bits per heavy atom. The number of carbonyl (C=O) groups is 2. The Morgan fingerprint density at radius 1 is 0.627 bits per heavy atom. The van der Waals surface area contributed by atoms with E-state index in [1.54, 1.807) is 0 Å². The fraction of sp³-hybridized carbons (Fsp3) is 0.957. The van der Waals surface area contributed by atoms with Crippen LogP contribution in [0.25, 0.3) is 0 Å². The summed E-state index contributed by atoms with van der Waals surface area (Å²) in [5, 5.41) is 68.9. The fourth-order valence-corrected chi connectivity index (χ4v) is 8.09. The molecule has 0 aromatic heterocycles. The van der Waals surface area contributed by atoms with Crippen LogP contribution in [0.3, 0.4) is 0 Å². The van der Waals surface area contributed by atoms with E-state index in [9.17, 15) is 40.2 Å². The van der Waals surface area contributed by atoms with Crippen molar-refractivity contribution in [3.63, 3.8) is 0 Å². The number of unbranched alkanes of at least 4 members (excludes halogenated alkanes) is 24. The van der Waals surface area contributed by atoms with E-state index in [1.807, 2.05) is 0 Å². The van der Waals surface area contributed by atoms with E-state index in [-0.39, 0.29) is 6.42 Å². The third-order valence-electron chi connectivity index (χ3n) is 12.0. The van der Waals surface area contributed by atoms with Crippen LogP contribution in [0.15, 0.2) is 0 Å². The van der Waals surface area contributed by atoms with Gasteiger partial charge in [-0.15, -0.1) is 0 Å². The predicted molar refractivity (Wildman–Crippen MR) is 236 cm³/mol. The maximum absolute atomic E-state index is 13.2. The van der Waals surface area contributed by atoms with Crippen molar-refractivity contribution >= 4 is 11.8 Å². The molecular weight excluding hydrogens is 753 g/mol. The number of carbonyl (C=O) groups excluding carboxylic acids is 2. The van der Waals surface area contributed by atoms with Gasteiger partial charge in [-0.2, -0.15) is 0 Å².